The van der Waals surface area contributed by atoms with E-state index in [0.29, 0.717) is 16.8 Å². The number of amides is 1. The number of ketones is 2. The first-order chi connectivity index (χ1) is 11.0. The zero-order valence-corrected chi connectivity index (χ0v) is 13.3. The predicted molar refractivity (Wildman–Crippen MR) is 89.8 cm³/mol. The maximum atomic E-state index is 12.1. The molecule has 0 unspecified atom stereocenters. The van der Waals surface area contributed by atoms with Crippen LogP contribution in [0.15, 0.2) is 48.5 Å². The molecule has 4 nitrogen and oxygen atoms in total. The van der Waals surface area contributed by atoms with Gasteiger partial charge in [-0.3, -0.25) is 14.4 Å². The molecule has 118 valence electrons. The maximum absolute atomic E-state index is 12.1. The number of aryl methyl sites for hydroxylation is 1. The SMILES string of the molecule is CC(=O)c1ccccc1NC(=O)CCC(=O)c1ccc(C)cc1. The number of para-hydroxylation sites is 1. The van der Waals surface area contributed by atoms with E-state index in [2.05, 4.69) is 5.32 Å². The van der Waals surface area contributed by atoms with E-state index in [0.717, 1.165) is 5.56 Å². The van der Waals surface area contributed by atoms with Gasteiger partial charge in [0, 0.05) is 24.0 Å². The molecule has 0 aliphatic rings. The van der Waals surface area contributed by atoms with E-state index < -0.39 is 0 Å². The van der Waals surface area contributed by atoms with Crippen LogP contribution in [0.5, 0.6) is 0 Å². The van der Waals surface area contributed by atoms with Crippen molar-refractivity contribution in [1.29, 1.82) is 0 Å². The van der Waals surface area contributed by atoms with Crippen LogP contribution in [0.2, 0.25) is 0 Å². The monoisotopic (exact) mass is 309 g/mol. The highest BCUT2D eigenvalue weighted by atomic mass is 16.2. The Morgan fingerprint density at radius 2 is 1.57 bits per heavy atom. The zero-order chi connectivity index (χ0) is 16.8. The second-order valence-corrected chi connectivity index (χ2v) is 5.44. The lowest BCUT2D eigenvalue weighted by molar-refractivity contribution is -0.116. The molecule has 0 spiro atoms. The molecule has 1 amide bonds. The first-order valence-electron chi connectivity index (χ1n) is 7.47. The Kier molecular flexibility index (Phi) is 5.41. The van der Waals surface area contributed by atoms with Gasteiger partial charge < -0.3 is 5.32 Å². The van der Waals surface area contributed by atoms with Crippen molar-refractivity contribution in [3.8, 4) is 0 Å². The fourth-order valence-electron chi connectivity index (χ4n) is 2.22. The third-order valence-electron chi connectivity index (χ3n) is 3.53. The van der Waals surface area contributed by atoms with Gasteiger partial charge in [-0.1, -0.05) is 42.0 Å². The van der Waals surface area contributed by atoms with Crippen LogP contribution in [-0.2, 0) is 4.79 Å². The summed E-state index contributed by atoms with van der Waals surface area (Å²) >= 11 is 0. The Labute approximate surface area is 135 Å². The van der Waals surface area contributed by atoms with Gasteiger partial charge in [0.1, 0.15) is 0 Å². The van der Waals surface area contributed by atoms with Gasteiger partial charge in [0.05, 0.1) is 5.69 Å². The molecule has 23 heavy (non-hydrogen) atoms. The fraction of sp³-hybridized carbons (Fsp3) is 0.211. The second-order valence-electron chi connectivity index (χ2n) is 5.44. The number of benzene rings is 2. The molecule has 0 aliphatic heterocycles. The van der Waals surface area contributed by atoms with E-state index in [1.165, 1.54) is 6.92 Å². The average molecular weight is 309 g/mol. The van der Waals surface area contributed by atoms with Gasteiger partial charge in [0.25, 0.3) is 0 Å². The highest BCUT2D eigenvalue weighted by molar-refractivity contribution is 6.05. The Morgan fingerprint density at radius 1 is 0.913 bits per heavy atom. The highest BCUT2D eigenvalue weighted by Gasteiger charge is 2.12. The summed E-state index contributed by atoms with van der Waals surface area (Å²) in [5.74, 6) is -0.462. The Morgan fingerprint density at radius 3 is 2.22 bits per heavy atom. The van der Waals surface area contributed by atoms with E-state index in [4.69, 9.17) is 0 Å². The topological polar surface area (TPSA) is 63.2 Å². The molecule has 0 heterocycles. The van der Waals surface area contributed by atoms with Gasteiger partial charge in [-0.25, -0.2) is 0 Å². The van der Waals surface area contributed by atoms with Gasteiger partial charge in [-0.15, -0.1) is 0 Å². The van der Waals surface area contributed by atoms with Crippen molar-refractivity contribution >= 4 is 23.2 Å². The van der Waals surface area contributed by atoms with Crippen molar-refractivity contribution in [3.63, 3.8) is 0 Å². The van der Waals surface area contributed by atoms with Crippen molar-refractivity contribution in [2.45, 2.75) is 26.7 Å². The summed E-state index contributed by atoms with van der Waals surface area (Å²) in [4.78, 5) is 35.6. The Bertz CT molecular complexity index is 733. The van der Waals surface area contributed by atoms with Crippen LogP contribution >= 0.6 is 0 Å². The molecular formula is C19H19NO3. The minimum atomic E-state index is -0.279. The molecule has 0 radical (unpaired) electrons. The molecule has 0 bridgehead atoms. The molecule has 4 heteroatoms. The minimum absolute atomic E-state index is 0.0694. The van der Waals surface area contributed by atoms with Gasteiger partial charge >= 0.3 is 0 Å². The second kappa shape index (κ2) is 7.49. The maximum Gasteiger partial charge on any atom is 0.224 e. The van der Waals surface area contributed by atoms with E-state index in [1.807, 2.05) is 19.1 Å². The van der Waals surface area contributed by atoms with Gasteiger partial charge in [0.15, 0.2) is 11.6 Å². The van der Waals surface area contributed by atoms with Crippen molar-refractivity contribution in [2.24, 2.45) is 0 Å². The number of Topliss-reactive ketones (excluding diaryl/α,β-unsaturated/α-hetero) is 2. The molecule has 0 atom stereocenters. The molecule has 0 aliphatic carbocycles. The molecule has 0 fully saturated rings. The lowest BCUT2D eigenvalue weighted by Gasteiger charge is -2.08. The molecular weight excluding hydrogens is 290 g/mol. The van der Waals surface area contributed by atoms with Crippen LogP contribution in [0.4, 0.5) is 5.69 Å². The lowest BCUT2D eigenvalue weighted by atomic mass is 10.0. The van der Waals surface area contributed by atoms with Gasteiger partial charge in [0.2, 0.25) is 5.91 Å². The quantitative estimate of drug-likeness (QED) is 0.826. The summed E-state index contributed by atoms with van der Waals surface area (Å²) in [5, 5.41) is 2.70. The normalized spacial score (nSPS) is 10.2. The number of hydrogen-bond acceptors (Lipinski definition) is 3. The van der Waals surface area contributed by atoms with Gasteiger partial charge in [-0.2, -0.15) is 0 Å². The number of hydrogen-bond donors (Lipinski definition) is 1. The Balaban J connectivity index is 1.94. The smallest absolute Gasteiger partial charge is 0.224 e. The fourth-order valence-corrected chi connectivity index (χ4v) is 2.22. The van der Waals surface area contributed by atoms with Crippen LogP contribution in [0.3, 0.4) is 0 Å². The van der Waals surface area contributed by atoms with Crippen molar-refractivity contribution in [3.05, 3.63) is 65.2 Å². The van der Waals surface area contributed by atoms with E-state index in [1.54, 1.807) is 36.4 Å². The summed E-state index contributed by atoms with van der Waals surface area (Å²) in [6, 6.07) is 14.1. The van der Waals surface area contributed by atoms with Crippen LogP contribution < -0.4 is 5.32 Å². The van der Waals surface area contributed by atoms with E-state index >= 15 is 0 Å². The molecule has 2 aromatic rings. The predicted octanol–water partition coefficient (Wildman–Crippen LogP) is 3.80. The summed E-state index contributed by atoms with van der Waals surface area (Å²) in [5.41, 5.74) is 2.63. The molecule has 0 aromatic heterocycles. The summed E-state index contributed by atoms with van der Waals surface area (Å²) in [6.45, 7) is 3.40. The third kappa shape index (κ3) is 4.61. The number of carbonyl (C=O) groups is 3. The third-order valence-corrected chi connectivity index (χ3v) is 3.53. The van der Waals surface area contributed by atoms with Crippen molar-refractivity contribution in [2.75, 3.05) is 5.32 Å². The van der Waals surface area contributed by atoms with E-state index in [-0.39, 0.29) is 30.3 Å². The molecule has 0 saturated carbocycles. The van der Waals surface area contributed by atoms with Crippen molar-refractivity contribution < 1.29 is 14.4 Å². The number of rotatable bonds is 6. The summed E-state index contributed by atoms with van der Waals surface area (Å²) in [6.07, 6.45) is 0.218. The van der Waals surface area contributed by atoms with E-state index in [9.17, 15) is 14.4 Å². The van der Waals surface area contributed by atoms with Crippen LogP contribution in [0, 0.1) is 6.92 Å². The average Bonchev–Trinajstić information content (AvgIpc) is 2.53. The highest BCUT2D eigenvalue weighted by Crippen LogP contribution is 2.16. The largest absolute Gasteiger partial charge is 0.325 e. The number of nitrogens with one attached hydrogen (secondary N) is 1. The van der Waals surface area contributed by atoms with Crippen molar-refractivity contribution in [1.82, 2.24) is 0 Å². The minimum Gasteiger partial charge on any atom is -0.325 e. The molecule has 2 aromatic carbocycles. The summed E-state index contributed by atoms with van der Waals surface area (Å²) < 4.78 is 0. The lowest BCUT2D eigenvalue weighted by Crippen LogP contribution is -2.15. The number of anilines is 1. The first kappa shape index (κ1) is 16.6. The van der Waals surface area contributed by atoms with Crippen LogP contribution in [0.1, 0.15) is 46.0 Å². The molecule has 2 rings (SSSR count). The van der Waals surface area contributed by atoms with Crippen LogP contribution in [-0.4, -0.2) is 17.5 Å². The Hall–Kier alpha value is -2.75. The molecule has 1 N–H and O–H groups in total. The first-order valence-corrected chi connectivity index (χ1v) is 7.47. The standard InChI is InChI=1S/C19H19NO3/c1-13-7-9-15(10-8-13)18(22)11-12-19(23)20-17-6-4-3-5-16(17)14(2)21/h3-10H,11-12H2,1-2H3,(H,20,23). The van der Waals surface area contributed by atoms with Crippen LogP contribution in [0.25, 0.3) is 0 Å². The van der Waals surface area contributed by atoms with Gasteiger partial charge in [-0.05, 0) is 26.0 Å². The molecule has 0 saturated heterocycles. The number of carbonyl (C=O) groups excluding carboxylic acids is 3. The zero-order valence-electron chi connectivity index (χ0n) is 13.3. The summed E-state index contributed by atoms with van der Waals surface area (Å²) in [7, 11) is 0.